The highest BCUT2D eigenvalue weighted by Crippen LogP contribution is 2.50. The fraction of sp³-hybridized carbons (Fsp3) is 0.619. The normalized spacial score (nSPS) is 24.2. The van der Waals surface area contributed by atoms with Crippen molar-refractivity contribution in [1.29, 1.82) is 0 Å². The Morgan fingerprint density at radius 1 is 1.21 bits per heavy atom. The van der Waals surface area contributed by atoms with Crippen LogP contribution in [0.4, 0.5) is 9.18 Å². The second-order valence-electron chi connectivity index (χ2n) is 8.49. The molecule has 0 aromatic heterocycles. The molecule has 1 aromatic carbocycles. The molecule has 3 N–H and O–H groups in total. The fourth-order valence-corrected chi connectivity index (χ4v) is 5.17. The molecular formula is C21H28Cl2FN3O2. The van der Waals surface area contributed by atoms with E-state index < -0.39 is 11.9 Å². The van der Waals surface area contributed by atoms with Crippen molar-refractivity contribution in [3.8, 4) is 0 Å². The van der Waals surface area contributed by atoms with Crippen molar-refractivity contribution in [3.05, 3.63) is 33.6 Å². The standard InChI is InChI=1S/C21H28Cl2FN3O2/c1-21(9-3-4-10-21)18(16-15(24)8-7-14(22)17(16)23)27-19(28)12-5-6-13(11-12)26-20(29)25-2/h7-8,12-13,18H,3-6,9-11H2,1-2H3,(H,27,28)(H2,25,26,29)/t12-,13+,18-/m1/s1. The third-order valence-electron chi connectivity index (χ3n) is 6.46. The number of amides is 3. The number of carbonyl (C=O) groups is 2. The van der Waals surface area contributed by atoms with E-state index in [0.717, 1.165) is 32.1 Å². The van der Waals surface area contributed by atoms with E-state index in [1.807, 2.05) is 0 Å². The van der Waals surface area contributed by atoms with Gasteiger partial charge in [0.25, 0.3) is 0 Å². The van der Waals surface area contributed by atoms with Crippen LogP contribution in [0, 0.1) is 17.2 Å². The molecule has 3 rings (SSSR count). The Kier molecular flexibility index (Phi) is 6.94. The van der Waals surface area contributed by atoms with E-state index in [9.17, 15) is 14.0 Å². The van der Waals surface area contributed by atoms with Crippen molar-refractivity contribution < 1.29 is 14.0 Å². The van der Waals surface area contributed by atoms with E-state index in [1.54, 1.807) is 7.05 Å². The van der Waals surface area contributed by atoms with Crippen LogP contribution in [0.5, 0.6) is 0 Å². The lowest BCUT2D eigenvalue weighted by molar-refractivity contribution is -0.126. The highest BCUT2D eigenvalue weighted by molar-refractivity contribution is 6.42. The summed E-state index contributed by atoms with van der Waals surface area (Å²) in [6.07, 6.45) is 5.80. The van der Waals surface area contributed by atoms with Gasteiger partial charge in [0.15, 0.2) is 0 Å². The van der Waals surface area contributed by atoms with Crippen molar-refractivity contribution in [2.45, 2.75) is 64.0 Å². The van der Waals surface area contributed by atoms with Crippen LogP contribution < -0.4 is 16.0 Å². The summed E-state index contributed by atoms with van der Waals surface area (Å²) in [5.74, 6) is -0.811. The van der Waals surface area contributed by atoms with Gasteiger partial charge in [-0.05, 0) is 49.7 Å². The van der Waals surface area contributed by atoms with Crippen molar-refractivity contribution in [3.63, 3.8) is 0 Å². The van der Waals surface area contributed by atoms with Crippen LogP contribution in [0.15, 0.2) is 12.1 Å². The molecule has 0 radical (unpaired) electrons. The number of urea groups is 1. The lowest BCUT2D eigenvalue weighted by atomic mass is 9.76. The number of carbonyl (C=O) groups excluding carboxylic acids is 2. The zero-order valence-electron chi connectivity index (χ0n) is 16.8. The second-order valence-corrected chi connectivity index (χ2v) is 9.28. The van der Waals surface area contributed by atoms with E-state index in [1.165, 1.54) is 12.1 Å². The largest absolute Gasteiger partial charge is 0.348 e. The van der Waals surface area contributed by atoms with Crippen LogP contribution in [0.25, 0.3) is 0 Å². The first-order valence-electron chi connectivity index (χ1n) is 10.2. The third-order valence-corrected chi connectivity index (χ3v) is 7.28. The van der Waals surface area contributed by atoms with Crippen LogP contribution in [0.3, 0.4) is 0 Å². The molecule has 0 heterocycles. The second kappa shape index (κ2) is 9.09. The number of benzene rings is 1. The van der Waals surface area contributed by atoms with Gasteiger partial charge in [0.05, 0.1) is 16.1 Å². The summed E-state index contributed by atoms with van der Waals surface area (Å²) in [5.41, 5.74) is -0.0154. The first kappa shape index (κ1) is 22.2. The van der Waals surface area contributed by atoms with Gasteiger partial charge >= 0.3 is 6.03 Å². The SMILES string of the molecule is CNC(=O)N[C@H]1CC[C@@H](C(=O)N[C@H](c2c(F)ccc(Cl)c2Cl)C2(C)CCCC2)C1. The number of rotatable bonds is 5. The number of hydrogen-bond donors (Lipinski definition) is 3. The van der Waals surface area contributed by atoms with Gasteiger partial charge in [-0.3, -0.25) is 4.79 Å². The van der Waals surface area contributed by atoms with Gasteiger partial charge in [-0.25, -0.2) is 9.18 Å². The van der Waals surface area contributed by atoms with Gasteiger partial charge in [-0.2, -0.15) is 0 Å². The molecular weight excluding hydrogens is 416 g/mol. The highest BCUT2D eigenvalue weighted by atomic mass is 35.5. The third kappa shape index (κ3) is 4.80. The van der Waals surface area contributed by atoms with Crippen LogP contribution >= 0.6 is 23.2 Å². The quantitative estimate of drug-likeness (QED) is 0.562. The topological polar surface area (TPSA) is 70.2 Å². The lowest BCUT2D eigenvalue weighted by Gasteiger charge is -2.36. The van der Waals surface area contributed by atoms with Crippen LogP contribution in [-0.2, 0) is 4.79 Å². The maximum atomic E-state index is 14.8. The Morgan fingerprint density at radius 2 is 1.90 bits per heavy atom. The zero-order chi connectivity index (χ0) is 21.2. The summed E-state index contributed by atoms with van der Waals surface area (Å²) < 4.78 is 14.8. The molecule has 0 spiro atoms. The van der Waals surface area contributed by atoms with Crippen molar-refractivity contribution in [2.75, 3.05) is 7.05 Å². The molecule has 3 atom stereocenters. The Hall–Kier alpha value is -1.53. The van der Waals surface area contributed by atoms with E-state index in [0.29, 0.717) is 12.8 Å². The van der Waals surface area contributed by atoms with Crippen molar-refractivity contribution >= 4 is 35.1 Å². The van der Waals surface area contributed by atoms with E-state index in [4.69, 9.17) is 23.2 Å². The first-order valence-corrected chi connectivity index (χ1v) is 10.9. The van der Waals surface area contributed by atoms with Gasteiger partial charge in [0.2, 0.25) is 5.91 Å². The smallest absolute Gasteiger partial charge is 0.314 e. The summed E-state index contributed by atoms with van der Waals surface area (Å²) in [4.78, 5) is 24.6. The van der Waals surface area contributed by atoms with E-state index in [2.05, 4.69) is 22.9 Å². The molecule has 2 fully saturated rings. The molecule has 0 bridgehead atoms. The molecule has 5 nitrogen and oxygen atoms in total. The Morgan fingerprint density at radius 3 is 2.55 bits per heavy atom. The zero-order valence-corrected chi connectivity index (χ0v) is 18.3. The van der Waals surface area contributed by atoms with Gasteiger partial charge in [-0.1, -0.05) is 43.0 Å². The minimum Gasteiger partial charge on any atom is -0.348 e. The van der Waals surface area contributed by atoms with Crippen molar-refractivity contribution in [2.24, 2.45) is 11.3 Å². The summed E-state index contributed by atoms with van der Waals surface area (Å²) in [6.45, 7) is 2.08. The Bertz CT molecular complexity index is 783. The highest BCUT2D eigenvalue weighted by Gasteiger charge is 2.42. The maximum absolute atomic E-state index is 14.8. The lowest BCUT2D eigenvalue weighted by Crippen LogP contribution is -2.42. The van der Waals surface area contributed by atoms with E-state index in [-0.39, 0.29) is 44.9 Å². The molecule has 29 heavy (non-hydrogen) atoms. The molecule has 0 unspecified atom stereocenters. The Labute approximate surface area is 181 Å². The molecule has 0 aliphatic heterocycles. The molecule has 3 amide bonds. The predicted molar refractivity (Wildman–Crippen MR) is 113 cm³/mol. The number of halogens is 3. The van der Waals surface area contributed by atoms with Crippen molar-refractivity contribution in [1.82, 2.24) is 16.0 Å². The average molecular weight is 444 g/mol. The summed E-state index contributed by atoms with van der Waals surface area (Å²) in [6, 6.07) is 1.90. The molecule has 1 aromatic rings. The predicted octanol–water partition coefficient (Wildman–Crippen LogP) is 4.97. The monoisotopic (exact) mass is 443 g/mol. The van der Waals surface area contributed by atoms with E-state index >= 15 is 0 Å². The van der Waals surface area contributed by atoms with Crippen LogP contribution in [0.1, 0.15) is 63.5 Å². The van der Waals surface area contributed by atoms with Gasteiger partial charge in [-0.15, -0.1) is 0 Å². The molecule has 2 aliphatic rings. The first-order chi connectivity index (χ1) is 13.7. The maximum Gasteiger partial charge on any atom is 0.314 e. The number of hydrogen-bond acceptors (Lipinski definition) is 2. The van der Waals surface area contributed by atoms with Gasteiger partial charge in [0, 0.05) is 24.6 Å². The minimum absolute atomic E-state index is 0.0438. The minimum atomic E-state index is -0.547. The molecule has 8 heteroatoms. The summed E-state index contributed by atoms with van der Waals surface area (Å²) >= 11 is 12.6. The summed E-state index contributed by atoms with van der Waals surface area (Å²) in [5, 5.41) is 8.93. The van der Waals surface area contributed by atoms with Gasteiger partial charge in [0.1, 0.15) is 5.82 Å². The van der Waals surface area contributed by atoms with Crippen LogP contribution in [0.2, 0.25) is 10.0 Å². The molecule has 160 valence electrons. The number of nitrogens with one attached hydrogen (secondary N) is 3. The van der Waals surface area contributed by atoms with Gasteiger partial charge < -0.3 is 16.0 Å². The van der Waals surface area contributed by atoms with Crippen LogP contribution in [-0.4, -0.2) is 25.0 Å². The Balaban J connectivity index is 1.81. The summed E-state index contributed by atoms with van der Waals surface area (Å²) in [7, 11) is 1.56. The fourth-order valence-electron chi connectivity index (χ4n) is 4.74. The molecule has 2 aliphatic carbocycles. The molecule has 0 saturated heterocycles. The average Bonchev–Trinajstić information content (AvgIpc) is 3.34. The molecule has 2 saturated carbocycles.